The molecule has 1 aromatic rings. The fraction of sp³-hybridized carbons (Fsp3) is 0.533. The molecule has 19 heavy (non-hydrogen) atoms. The van der Waals surface area contributed by atoms with E-state index in [0.29, 0.717) is 17.5 Å². The van der Waals surface area contributed by atoms with Gasteiger partial charge >= 0.3 is 5.97 Å². The molecule has 0 bridgehead atoms. The van der Waals surface area contributed by atoms with Crippen LogP contribution in [0.4, 0.5) is 0 Å². The molecule has 104 valence electrons. The van der Waals surface area contributed by atoms with Gasteiger partial charge in [-0.05, 0) is 31.4 Å². The molecule has 1 aliphatic rings. The average molecular weight is 264 g/mol. The number of rotatable bonds is 4. The first kappa shape index (κ1) is 13.7. The van der Waals surface area contributed by atoms with Crippen LogP contribution < -0.4 is 0 Å². The van der Waals surface area contributed by atoms with Crippen LogP contribution in [0.2, 0.25) is 0 Å². The molecule has 0 amide bonds. The molecule has 0 fully saturated rings. The molecule has 0 radical (unpaired) electrons. The number of phenolic OH excluding ortho intramolecular Hbond substituents is 2. The SMILES string of the molecule is CCCCC[C@@H]1Cc2cc(O)c(C)c(O)c2C(=O)O1. The minimum absolute atomic E-state index is 0.0262. The molecular weight excluding hydrogens is 244 g/mol. The van der Waals surface area contributed by atoms with Crippen molar-refractivity contribution in [1.29, 1.82) is 0 Å². The molecule has 0 unspecified atom stereocenters. The lowest BCUT2D eigenvalue weighted by molar-refractivity contribution is 0.0227. The van der Waals surface area contributed by atoms with Crippen LogP contribution in [0.3, 0.4) is 0 Å². The summed E-state index contributed by atoms with van der Waals surface area (Å²) in [7, 11) is 0. The normalized spacial score (nSPS) is 18.0. The maximum Gasteiger partial charge on any atom is 0.342 e. The van der Waals surface area contributed by atoms with Gasteiger partial charge in [-0.2, -0.15) is 0 Å². The molecule has 2 rings (SSSR count). The van der Waals surface area contributed by atoms with Crippen LogP contribution in [0.15, 0.2) is 6.07 Å². The minimum atomic E-state index is -0.483. The predicted octanol–water partition coefficient (Wildman–Crippen LogP) is 3.07. The van der Waals surface area contributed by atoms with Crippen molar-refractivity contribution < 1.29 is 19.7 Å². The Balaban J connectivity index is 2.22. The fourth-order valence-electron chi connectivity index (χ4n) is 2.48. The van der Waals surface area contributed by atoms with E-state index in [4.69, 9.17) is 4.74 Å². The van der Waals surface area contributed by atoms with Gasteiger partial charge in [0.1, 0.15) is 23.2 Å². The maximum absolute atomic E-state index is 11.9. The zero-order chi connectivity index (χ0) is 14.0. The molecule has 0 saturated heterocycles. The number of aromatic hydroxyl groups is 2. The first-order valence-electron chi connectivity index (χ1n) is 6.80. The van der Waals surface area contributed by atoms with Crippen LogP contribution in [0.25, 0.3) is 0 Å². The molecule has 2 N–H and O–H groups in total. The number of carbonyl (C=O) groups is 1. The summed E-state index contributed by atoms with van der Waals surface area (Å²) in [5.74, 6) is -0.617. The van der Waals surface area contributed by atoms with E-state index in [1.54, 1.807) is 13.0 Å². The van der Waals surface area contributed by atoms with E-state index in [0.717, 1.165) is 25.7 Å². The van der Waals surface area contributed by atoms with E-state index >= 15 is 0 Å². The largest absolute Gasteiger partial charge is 0.508 e. The summed E-state index contributed by atoms with van der Waals surface area (Å²) in [5.41, 5.74) is 1.21. The summed E-state index contributed by atoms with van der Waals surface area (Å²) in [6.07, 6.45) is 4.51. The van der Waals surface area contributed by atoms with E-state index in [2.05, 4.69) is 6.92 Å². The Kier molecular flexibility index (Phi) is 3.98. The Labute approximate surface area is 113 Å². The first-order chi connectivity index (χ1) is 9.04. The number of phenols is 2. The second kappa shape index (κ2) is 5.51. The third kappa shape index (κ3) is 2.67. The summed E-state index contributed by atoms with van der Waals surface area (Å²) in [4.78, 5) is 11.9. The van der Waals surface area contributed by atoms with Crippen LogP contribution in [-0.2, 0) is 11.2 Å². The van der Waals surface area contributed by atoms with Gasteiger partial charge in [-0.3, -0.25) is 0 Å². The van der Waals surface area contributed by atoms with Gasteiger partial charge in [-0.15, -0.1) is 0 Å². The van der Waals surface area contributed by atoms with Gasteiger partial charge in [-0.1, -0.05) is 19.8 Å². The van der Waals surface area contributed by atoms with Crippen molar-refractivity contribution in [2.45, 2.75) is 52.1 Å². The lowest BCUT2D eigenvalue weighted by atomic mass is 9.93. The molecule has 0 spiro atoms. The number of ether oxygens (including phenoxy) is 1. The lowest BCUT2D eigenvalue weighted by Gasteiger charge is -2.26. The molecule has 1 aromatic carbocycles. The number of hydrogen-bond acceptors (Lipinski definition) is 4. The Hall–Kier alpha value is -1.71. The third-order valence-electron chi connectivity index (χ3n) is 3.66. The first-order valence-corrected chi connectivity index (χ1v) is 6.80. The van der Waals surface area contributed by atoms with Gasteiger partial charge < -0.3 is 14.9 Å². The molecule has 0 saturated carbocycles. The van der Waals surface area contributed by atoms with Crippen molar-refractivity contribution in [2.24, 2.45) is 0 Å². The predicted molar refractivity (Wildman–Crippen MR) is 71.6 cm³/mol. The van der Waals surface area contributed by atoms with E-state index in [9.17, 15) is 15.0 Å². The third-order valence-corrected chi connectivity index (χ3v) is 3.66. The van der Waals surface area contributed by atoms with Gasteiger partial charge in [0.2, 0.25) is 0 Å². The van der Waals surface area contributed by atoms with E-state index in [1.807, 2.05) is 0 Å². The molecule has 4 heteroatoms. The molecule has 0 aliphatic carbocycles. The summed E-state index contributed by atoms with van der Waals surface area (Å²) in [6.45, 7) is 3.70. The van der Waals surface area contributed by atoms with Crippen LogP contribution in [0, 0.1) is 6.92 Å². The van der Waals surface area contributed by atoms with E-state index < -0.39 is 5.97 Å². The van der Waals surface area contributed by atoms with Crippen molar-refractivity contribution in [1.82, 2.24) is 0 Å². The van der Waals surface area contributed by atoms with E-state index in [-0.39, 0.29) is 23.2 Å². The summed E-state index contributed by atoms with van der Waals surface area (Å²) < 4.78 is 5.35. The minimum Gasteiger partial charge on any atom is -0.508 e. The van der Waals surface area contributed by atoms with Gasteiger partial charge in [0, 0.05) is 12.0 Å². The monoisotopic (exact) mass is 264 g/mol. The summed E-state index contributed by atoms with van der Waals surface area (Å²) in [5, 5.41) is 19.7. The van der Waals surface area contributed by atoms with Gasteiger partial charge in [-0.25, -0.2) is 4.79 Å². The number of unbranched alkanes of at least 4 members (excludes halogenated alkanes) is 2. The summed E-state index contributed by atoms with van der Waals surface area (Å²) >= 11 is 0. The Morgan fingerprint density at radius 3 is 2.79 bits per heavy atom. The zero-order valence-corrected chi connectivity index (χ0v) is 11.4. The molecule has 1 aliphatic heterocycles. The quantitative estimate of drug-likeness (QED) is 0.648. The molecular formula is C15H20O4. The Morgan fingerprint density at radius 1 is 1.37 bits per heavy atom. The fourth-order valence-corrected chi connectivity index (χ4v) is 2.48. The van der Waals surface area contributed by atoms with Crippen molar-refractivity contribution >= 4 is 5.97 Å². The van der Waals surface area contributed by atoms with E-state index in [1.165, 1.54) is 0 Å². The average Bonchev–Trinajstić information content (AvgIpc) is 2.36. The Morgan fingerprint density at radius 2 is 2.11 bits per heavy atom. The van der Waals surface area contributed by atoms with Crippen LogP contribution >= 0.6 is 0 Å². The zero-order valence-electron chi connectivity index (χ0n) is 11.4. The number of fused-ring (bicyclic) bond motifs is 1. The highest BCUT2D eigenvalue weighted by molar-refractivity contribution is 5.96. The molecule has 1 heterocycles. The van der Waals surface area contributed by atoms with Crippen LogP contribution in [0.1, 0.15) is 54.1 Å². The Bertz CT molecular complexity index is 493. The highest BCUT2D eigenvalue weighted by Gasteiger charge is 2.30. The second-order valence-electron chi connectivity index (χ2n) is 5.13. The number of benzene rings is 1. The second-order valence-corrected chi connectivity index (χ2v) is 5.13. The maximum atomic E-state index is 11.9. The molecule has 0 aromatic heterocycles. The van der Waals surface area contributed by atoms with Crippen molar-refractivity contribution in [3.8, 4) is 11.5 Å². The van der Waals surface area contributed by atoms with Crippen molar-refractivity contribution in [3.63, 3.8) is 0 Å². The molecule has 4 nitrogen and oxygen atoms in total. The van der Waals surface area contributed by atoms with Gasteiger partial charge in [0.15, 0.2) is 0 Å². The van der Waals surface area contributed by atoms with Crippen LogP contribution in [-0.4, -0.2) is 22.3 Å². The van der Waals surface area contributed by atoms with Crippen molar-refractivity contribution in [3.05, 3.63) is 22.8 Å². The number of hydrogen-bond donors (Lipinski definition) is 2. The van der Waals surface area contributed by atoms with Gasteiger partial charge in [0.25, 0.3) is 0 Å². The number of cyclic esters (lactones) is 1. The number of carbonyl (C=O) groups excluding carboxylic acids is 1. The lowest BCUT2D eigenvalue weighted by Crippen LogP contribution is -2.27. The topological polar surface area (TPSA) is 66.8 Å². The number of esters is 1. The molecule has 1 atom stereocenters. The van der Waals surface area contributed by atoms with Gasteiger partial charge in [0.05, 0.1) is 0 Å². The highest BCUT2D eigenvalue weighted by atomic mass is 16.5. The summed E-state index contributed by atoms with van der Waals surface area (Å²) in [6, 6.07) is 1.57. The van der Waals surface area contributed by atoms with Crippen molar-refractivity contribution in [2.75, 3.05) is 0 Å². The standard InChI is InChI=1S/C15H20O4/c1-3-4-5-6-11-7-10-8-12(16)9(2)14(17)13(10)15(18)19-11/h8,11,16-17H,3-7H2,1-2H3/t11-/m1/s1. The highest BCUT2D eigenvalue weighted by Crippen LogP contribution is 2.37. The smallest absolute Gasteiger partial charge is 0.342 e. The van der Waals surface area contributed by atoms with Crippen LogP contribution in [0.5, 0.6) is 11.5 Å².